The normalized spacial score (nSPS) is 12.8. The fraction of sp³-hybridized carbons (Fsp3) is 0.400. The van der Waals surface area contributed by atoms with Crippen LogP contribution in [0.25, 0.3) is 0 Å². The zero-order valence-electron chi connectivity index (χ0n) is 11.0. The van der Waals surface area contributed by atoms with Crippen LogP contribution in [0.3, 0.4) is 0 Å². The number of rotatable bonds is 6. The summed E-state index contributed by atoms with van der Waals surface area (Å²) < 4.78 is 5.07. The van der Waals surface area contributed by atoms with Gasteiger partial charge in [-0.05, 0) is 17.4 Å². The molecule has 1 N–H and O–H groups in total. The van der Waals surface area contributed by atoms with Crippen LogP contribution in [0.15, 0.2) is 47.1 Å². The Morgan fingerprint density at radius 1 is 1.17 bits per heavy atom. The molecule has 1 atom stereocenters. The average molecular weight is 244 g/mol. The maximum Gasteiger partial charge on any atom is 0.150 e. The Hall–Kier alpha value is -1.61. The zero-order valence-corrected chi connectivity index (χ0v) is 11.0. The van der Waals surface area contributed by atoms with Gasteiger partial charge in [-0.1, -0.05) is 49.3 Å². The quantitative estimate of drug-likeness (QED) is 0.848. The van der Waals surface area contributed by atoms with Gasteiger partial charge < -0.3 is 9.84 Å². The molecule has 0 aliphatic heterocycles. The van der Waals surface area contributed by atoms with E-state index in [2.05, 4.69) is 54.7 Å². The van der Waals surface area contributed by atoms with Gasteiger partial charge >= 0.3 is 0 Å². The lowest BCUT2D eigenvalue weighted by Crippen LogP contribution is -2.24. The fourth-order valence-electron chi connectivity index (χ4n) is 2.12. The van der Waals surface area contributed by atoms with Crippen LogP contribution in [0.1, 0.15) is 31.1 Å². The second kappa shape index (κ2) is 6.36. The molecular weight excluding hydrogens is 224 g/mol. The van der Waals surface area contributed by atoms with Gasteiger partial charge in [0.15, 0.2) is 0 Å². The van der Waals surface area contributed by atoms with Crippen LogP contribution >= 0.6 is 0 Å². The highest BCUT2D eigenvalue weighted by Crippen LogP contribution is 2.23. The van der Waals surface area contributed by atoms with Gasteiger partial charge in [0.1, 0.15) is 5.76 Å². The number of aromatic nitrogens is 1. The predicted molar refractivity (Wildman–Crippen MR) is 72.2 cm³/mol. The summed E-state index contributed by atoms with van der Waals surface area (Å²) in [6.45, 7) is 6.19. The lowest BCUT2D eigenvalue weighted by Gasteiger charge is -2.21. The Morgan fingerprint density at radius 2 is 1.94 bits per heavy atom. The molecule has 3 heteroatoms. The number of nitrogens with one attached hydrogen (secondary N) is 1. The molecule has 1 aromatic carbocycles. The smallest absolute Gasteiger partial charge is 0.150 e. The van der Waals surface area contributed by atoms with Crippen LogP contribution in [-0.2, 0) is 6.54 Å². The molecule has 0 aliphatic carbocycles. The largest absolute Gasteiger partial charge is 0.360 e. The number of nitrogens with zero attached hydrogens (tertiary/aromatic N) is 1. The molecule has 96 valence electrons. The lowest BCUT2D eigenvalue weighted by molar-refractivity contribution is 0.365. The number of hydrogen-bond donors (Lipinski definition) is 1. The molecule has 0 radical (unpaired) electrons. The molecule has 1 heterocycles. The first-order valence-corrected chi connectivity index (χ1v) is 6.42. The predicted octanol–water partition coefficient (Wildman–Crippen LogP) is 3.20. The van der Waals surface area contributed by atoms with Gasteiger partial charge in [0.2, 0.25) is 0 Å². The van der Waals surface area contributed by atoms with E-state index in [0.29, 0.717) is 11.8 Å². The minimum Gasteiger partial charge on any atom is -0.360 e. The molecule has 0 fully saturated rings. The topological polar surface area (TPSA) is 38.1 Å². The molecule has 0 amide bonds. The van der Waals surface area contributed by atoms with E-state index in [1.807, 2.05) is 6.07 Å². The van der Waals surface area contributed by atoms with Gasteiger partial charge in [-0.3, -0.25) is 0 Å². The standard InChI is InChI=1S/C15H20N2O/c1-12(2)15(13-6-4-3-5-7-13)11-16-10-14-8-9-17-18-14/h3-9,12,15-16H,10-11H2,1-2H3. The summed E-state index contributed by atoms with van der Waals surface area (Å²) in [6.07, 6.45) is 1.67. The van der Waals surface area contributed by atoms with Crippen molar-refractivity contribution in [2.45, 2.75) is 26.3 Å². The Morgan fingerprint density at radius 3 is 2.56 bits per heavy atom. The second-order valence-electron chi connectivity index (χ2n) is 4.87. The Labute approximate surface area is 108 Å². The Balaban J connectivity index is 1.91. The molecule has 0 bridgehead atoms. The number of benzene rings is 1. The summed E-state index contributed by atoms with van der Waals surface area (Å²) in [4.78, 5) is 0. The van der Waals surface area contributed by atoms with Crippen LogP contribution in [0.2, 0.25) is 0 Å². The molecule has 1 unspecified atom stereocenters. The SMILES string of the molecule is CC(C)C(CNCc1ccno1)c1ccccc1. The minimum absolute atomic E-state index is 0.522. The van der Waals surface area contributed by atoms with Gasteiger partial charge in [0.05, 0.1) is 12.7 Å². The van der Waals surface area contributed by atoms with Crippen LogP contribution in [0, 0.1) is 5.92 Å². The van der Waals surface area contributed by atoms with E-state index in [1.54, 1.807) is 6.20 Å². The summed E-state index contributed by atoms with van der Waals surface area (Å²) in [5, 5.41) is 7.13. The maximum absolute atomic E-state index is 5.07. The lowest BCUT2D eigenvalue weighted by atomic mass is 9.88. The van der Waals surface area contributed by atoms with E-state index in [0.717, 1.165) is 18.8 Å². The summed E-state index contributed by atoms with van der Waals surface area (Å²) in [6, 6.07) is 12.5. The summed E-state index contributed by atoms with van der Waals surface area (Å²) >= 11 is 0. The van der Waals surface area contributed by atoms with Crippen LogP contribution < -0.4 is 5.32 Å². The maximum atomic E-state index is 5.07. The summed E-state index contributed by atoms with van der Waals surface area (Å²) in [5.74, 6) is 2.01. The second-order valence-corrected chi connectivity index (χ2v) is 4.87. The Bertz CT molecular complexity index is 437. The van der Waals surface area contributed by atoms with E-state index in [1.165, 1.54) is 5.56 Å². The first-order valence-electron chi connectivity index (χ1n) is 6.42. The van der Waals surface area contributed by atoms with Crippen molar-refractivity contribution in [3.8, 4) is 0 Å². The molecule has 2 aromatic rings. The third kappa shape index (κ3) is 3.44. The Kier molecular flexibility index (Phi) is 4.53. The summed E-state index contributed by atoms with van der Waals surface area (Å²) in [7, 11) is 0. The molecule has 0 saturated carbocycles. The van der Waals surface area contributed by atoms with Crippen molar-refractivity contribution in [2.24, 2.45) is 5.92 Å². The van der Waals surface area contributed by atoms with Gasteiger partial charge in [0.25, 0.3) is 0 Å². The molecule has 1 aromatic heterocycles. The van der Waals surface area contributed by atoms with Gasteiger partial charge in [0, 0.05) is 12.6 Å². The zero-order chi connectivity index (χ0) is 12.8. The van der Waals surface area contributed by atoms with E-state index >= 15 is 0 Å². The van der Waals surface area contributed by atoms with E-state index in [9.17, 15) is 0 Å². The van der Waals surface area contributed by atoms with E-state index in [-0.39, 0.29) is 0 Å². The molecular formula is C15H20N2O. The van der Waals surface area contributed by atoms with E-state index < -0.39 is 0 Å². The highest BCUT2D eigenvalue weighted by Gasteiger charge is 2.15. The van der Waals surface area contributed by atoms with Crippen molar-refractivity contribution in [3.05, 3.63) is 53.9 Å². The number of hydrogen-bond acceptors (Lipinski definition) is 3. The van der Waals surface area contributed by atoms with Crippen LogP contribution in [0.5, 0.6) is 0 Å². The van der Waals surface area contributed by atoms with Gasteiger partial charge in [-0.15, -0.1) is 0 Å². The molecule has 0 spiro atoms. The van der Waals surface area contributed by atoms with Crippen molar-refractivity contribution in [2.75, 3.05) is 6.54 Å². The highest BCUT2D eigenvalue weighted by atomic mass is 16.5. The molecule has 2 rings (SSSR count). The third-order valence-electron chi connectivity index (χ3n) is 3.19. The third-order valence-corrected chi connectivity index (χ3v) is 3.19. The monoisotopic (exact) mass is 244 g/mol. The van der Waals surface area contributed by atoms with Crippen LogP contribution in [-0.4, -0.2) is 11.7 Å². The van der Waals surface area contributed by atoms with E-state index in [4.69, 9.17) is 4.52 Å². The van der Waals surface area contributed by atoms with Crippen molar-refractivity contribution >= 4 is 0 Å². The molecule has 18 heavy (non-hydrogen) atoms. The van der Waals surface area contributed by atoms with Gasteiger partial charge in [-0.2, -0.15) is 0 Å². The highest BCUT2D eigenvalue weighted by molar-refractivity contribution is 5.20. The molecule has 3 nitrogen and oxygen atoms in total. The van der Waals surface area contributed by atoms with Gasteiger partial charge in [-0.25, -0.2) is 0 Å². The van der Waals surface area contributed by atoms with Crippen LogP contribution in [0.4, 0.5) is 0 Å². The van der Waals surface area contributed by atoms with Crippen molar-refractivity contribution in [1.82, 2.24) is 10.5 Å². The summed E-state index contributed by atoms with van der Waals surface area (Å²) in [5.41, 5.74) is 1.39. The molecule has 0 saturated heterocycles. The first-order chi connectivity index (χ1) is 8.77. The minimum atomic E-state index is 0.522. The van der Waals surface area contributed by atoms with Crippen molar-refractivity contribution in [3.63, 3.8) is 0 Å². The fourth-order valence-corrected chi connectivity index (χ4v) is 2.12. The van der Waals surface area contributed by atoms with Crippen molar-refractivity contribution < 1.29 is 4.52 Å². The average Bonchev–Trinajstić information content (AvgIpc) is 2.88. The molecule has 0 aliphatic rings. The first kappa shape index (κ1) is 12.8. The van der Waals surface area contributed by atoms with Crippen molar-refractivity contribution in [1.29, 1.82) is 0 Å².